The fourth-order valence-corrected chi connectivity index (χ4v) is 6.41. The molecular weight excluding hydrogens is 470 g/mol. The number of fused-ring (bicyclic) bond motifs is 4. The third kappa shape index (κ3) is 4.35. The average Bonchev–Trinajstić information content (AvgIpc) is 3.43. The quantitative estimate of drug-likeness (QED) is 0.407. The van der Waals surface area contributed by atoms with Crippen molar-refractivity contribution in [1.29, 1.82) is 0 Å². The molecule has 37 heavy (non-hydrogen) atoms. The predicted octanol–water partition coefficient (Wildman–Crippen LogP) is 5.61. The zero-order valence-corrected chi connectivity index (χ0v) is 21.5. The molecule has 2 heterocycles. The van der Waals surface area contributed by atoms with E-state index in [0.717, 1.165) is 42.0 Å². The first-order valence-electron chi connectivity index (χ1n) is 13.0. The van der Waals surface area contributed by atoms with Gasteiger partial charge in [0.05, 0.1) is 31.7 Å². The fourth-order valence-electron chi connectivity index (χ4n) is 6.41. The molecule has 5 rings (SSSR count). The highest BCUT2D eigenvalue weighted by molar-refractivity contribution is 6.16. The van der Waals surface area contributed by atoms with E-state index in [4.69, 9.17) is 9.47 Å². The number of amides is 3. The highest BCUT2D eigenvalue weighted by Gasteiger charge is 2.58. The molecule has 0 radical (unpaired) electrons. The number of allylic oxidation sites excluding steroid dienone is 2. The molecule has 7 heteroatoms. The van der Waals surface area contributed by atoms with Crippen molar-refractivity contribution in [3.8, 4) is 5.75 Å². The summed E-state index contributed by atoms with van der Waals surface area (Å²) < 4.78 is 11.0. The van der Waals surface area contributed by atoms with Gasteiger partial charge in [-0.1, -0.05) is 60.9 Å². The maximum Gasteiger partial charge on any atom is 0.423 e. The van der Waals surface area contributed by atoms with E-state index in [-0.39, 0.29) is 17.8 Å². The SMILES string of the molecule is CCCC1=C2[C@@H](CC/C(C)=C/c3ccc(O)c4ccccc34)OC[C@@H]2[C@@H]2C(=O)N(C(=O)OC)C(=O)[C@@H]2C1. The van der Waals surface area contributed by atoms with Crippen molar-refractivity contribution in [2.75, 3.05) is 13.7 Å². The van der Waals surface area contributed by atoms with Crippen LogP contribution in [0.4, 0.5) is 4.79 Å². The summed E-state index contributed by atoms with van der Waals surface area (Å²) in [6.07, 6.45) is 5.01. The largest absolute Gasteiger partial charge is 0.507 e. The molecule has 3 amide bonds. The van der Waals surface area contributed by atoms with Gasteiger partial charge < -0.3 is 14.6 Å². The molecule has 0 saturated carbocycles. The fraction of sp³-hybridized carbons (Fsp3) is 0.433. The number of phenolic OH excluding ortho intramolecular Hbond substituents is 1. The molecule has 2 aromatic carbocycles. The number of phenols is 1. The molecule has 3 aliphatic rings. The van der Waals surface area contributed by atoms with Crippen LogP contribution in [-0.4, -0.2) is 47.7 Å². The summed E-state index contributed by atoms with van der Waals surface area (Å²) in [7, 11) is 1.18. The van der Waals surface area contributed by atoms with Crippen molar-refractivity contribution < 1.29 is 29.0 Å². The van der Waals surface area contributed by atoms with Gasteiger partial charge in [0.1, 0.15) is 5.75 Å². The lowest BCUT2D eigenvalue weighted by Crippen LogP contribution is -2.38. The first-order chi connectivity index (χ1) is 17.8. The number of likely N-dealkylation sites (tertiary alicyclic amines) is 1. The summed E-state index contributed by atoms with van der Waals surface area (Å²) in [6, 6.07) is 11.5. The standard InChI is InChI=1S/C30H33NO6/c1-4-7-19-15-22-27(29(34)31(28(22)33)30(35)36-3)23-16-37-25(26(19)23)13-10-17(2)14-18-11-12-24(32)21-9-6-5-8-20(18)21/h5-6,8-9,11-12,14,22-23,25,27,32H,4,7,10,13,15-16H2,1-3H3/b17-14+/t22-,23+,25-,27-/m1/s1. The van der Waals surface area contributed by atoms with Gasteiger partial charge in [-0.05, 0) is 55.2 Å². The van der Waals surface area contributed by atoms with Crippen LogP contribution in [0.2, 0.25) is 0 Å². The van der Waals surface area contributed by atoms with E-state index in [1.807, 2.05) is 30.3 Å². The topological polar surface area (TPSA) is 93.1 Å². The Balaban J connectivity index is 1.37. The molecule has 2 aromatic rings. The second kappa shape index (κ2) is 10.1. The maximum absolute atomic E-state index is 13.2. The van der Waals surface area contributed by atoms with Gasteiger partial charge >= 0.3 is 6.09 Å². The number of rotatable bonds is 6. The number of hydrogen-bond donors (Lipinski definition) is 1. The molecule has 7 nitrogen and oxygen atoms in total. The van der Waals surface area contributed by atoms with Gasteiger partial charge in [0, 0.05) is 11.3 Å². The zero-order chi connectivity index (χ0) is 26.3. The Hall–Kier alpha value is -3.45. The summed E-state index contributed by atoms with van der Waals surface area (Å²) >= 11 is 0. The summed E-state index contributed by atoms with van der Waals surface area (Å²) in [5, 5.41) is 12.0. The van der Waals surface area contributed by atoms with Crippen LogP contribution in [0.15, 0.2) is 53.1 Å². The van der Waals surface area contributed by atoms with Crippen molar-refractivity contribution in [2.45, 2.75) is 52.1 Å². The van der Waals surface area contributed by atoms with Crippen LogP contribution in [0.3, 0.4) is 0 Å². The number of carbonyl (C=O) groups is 3. The van der Waals surface area contributed by atoms with Gasteiger partial charge in [0.15, 0.2) is 0 Å². The Morgan fingerprint density at radius 3 is 2.62 bits per heavy atom. The lowest BCUT2D eigenvalue weighted by molar-refractivity contribution is -0.137. The first-order valence-corrected chi connectivity index (χ1v) is 13.0. The van der Waals surface area contributed by atoms with Crippen LogP contribution in [-0.2, 0) is 19.1 Å². The van der Waals surface area contributed by atoms with Gasteiger partial charge in [0.25, 0.3) is 0 Å². The summed E-state index contributed by atoms with van der Waals surface area (Å²) in [5.74, 6) is -1.90. The molecule has 0 aromatic heterocycles. The minimum Gasteiger partial charge on any atom is -0.507 e. The second-order valence-corrected chi connectivity index (χ2v) is 10.3. The highest BCUT2D eigenvalue weighted by Crippen LogP contribution is 2.50. The molecule has 4 atom stereocenters. The Morgan fingerprint density at radius 2 is 1.89 bits per heavy atom. The summed E-state index contributed by atoms with van der Waals surface area (Å²) in [6.45, 7) is 4.59. The molecule has 2 fully saturated rings. The van der Waals surface area contributed by atoms with E-state index < -0.39 is 29.7 Å². The maximum atomic E-state index is 13.2. The van der Waals surface area contributed by atoms with E-state index in [1.54, 1.807) is 6.07 Å². The third-order valence-corrected chi connectivity index (χ3v) is 8.05. The van der Waals surface area contributed by atoms with Crippen molar-refractivity contribution >= 4 is 34.8 Å². The van der Waals surface area contributed by atoms with E-state index in [2.05, 4.69) is 19.9 Å². The number of benzene rings is 2. The van der Waals surface area contributed by atoms with Gasteiger partial charge in [0.2, 0.25) is 11.8 Å². The lowest BCUT2D eigenvalue weighted by Gasteiger charge is -2.31. The van der Waals surface area contributed by atoms with Crippen molar-refractivity contribution in [3.05, 3.63) is 58.7 Å². The molecule has 0 bridgehead atoms. The zero-order valence-electron chi connectivity index (χ0n) is 21.5. The van der Waals surface area contributed by atoms with Crippen LogP contribution < -0.4 is 0 Å². The number of carbonyl (C=O) groups excluding carboxylic acids is 3. The van der Waals surface area contributed by atoms with Gasteiger partial charge in [-0.15, -0.1) is 0 Å². The number of ether oxygens (including phenoxy) is 2. The van der Waals surface area contributed by atoms with Crippen molar-refractivity contribution in [3.63, 3.8) is 0 Å². The number of aromatic hydroxyl groups is 1. The van der Waals surface area contributed by atoms with Crippen molar-refractivity contribution in [1.82, 2.24) is 4.90 Å². The Bertz CT molecular complexity index is 1320. The van der Waals surface area contributed by atoms with Crippen molar-refractivity contribution in [2.24, 2.45) is 17.8 Å². The number of hydrogen-bond acceptors (Lipinski definition) is 6. The number of methoxy groups -OCH3 is 1. The van der Waals surface area contributed by atoms with Gasteiger partial charge in [-0.25, -0.2) is 4.79 Å². The number of imide groups is 3. The Morgan fingerprint density at radius 1 is 1.14 bits per heavy atom. The molecule has 2 aliphatic heterocycles. The number of nitrogens with zero attached hydrogens (tertiary/aromatic N) is 1. The first kappa shape index (κ1) is 25.2. The molecule has 0 unspecified atom stereocenters. The predicted molar refractivity (Wildman–Crippen MR) is 140 cm³/mol. The van der Waals surface area contributed by atoms with E-state index in [9.17, 15) is 19.5 Å². The van der Waals surface area contributed by atoms with Crippen LogP contribution in [0.1, 0.15) is 51.5 Å². The van der Waals surface area contributed by atoms with E-state index >= 15 is 0 Å². The Labute approximate surface area is 216 Å². The third-order valence-electron chi connectivity index (χ3n) is 8.05. The molecule has 1 N–H and O–H groups in total. The monoisotopic (exact) mass is 503 g/mol. The molecular formula is C30H33NO6. The van der Waals surface area contributed by atoms with Crippen LogP contribution in [0.25, 0.3) is 16.8 Å². The van der Waals surface area contributed by atoms with Gasteiger partial charge in [-0.2, -0.15) is 4.90 Å². The molecule has 1 aliphatic carbocycles. The highest BCUT2D eigenvalue weighted by atomic mass is 16.5. The minimum atomic E-state index is -0.902. The van der Waals surface area contributed by atoms with E-state index in [1.165, 1.54) is 23.8 Å². The summed E-state index contributed by atoms with van der Waals surface area (Å²) in [5.41, 5.74) is 4.62. The Kier molecular flexibility index (Phi) is 6.90. The van der Waals surface area contributed by atoms with Gasteiger partial charge in [-0.3, -0.25) is 9.59 Å². The van der Waals surface area contributed by atoms with Crippen LogP contribution in [0, 0.1) is 17.8 Å². The molecule has 2 saturated heterocycles. The molecule has 194 valence electrons. The molecule has 0 spiro atoms. The van der Waals surface area contributed by atoms with Crippen LogP contribution in [0.5, 0.6) is 5.75 Å². The second-order valence-electron chi connectivity index (χ2n) is 10.3. The average molecular weight is 504 g/mol. The lowest BCUT2D eigenvalue weighted by atomic mass is 9.68. The van der Waals surface area contributed by atoms with E-state index in [0.29, 0.717) is 17.9 Å². The summed E-state index contributed by atoms with van der Waals surface area (Å²) in [4.78, 5) is 39.0. The minimum absolute atomic E-state index is 0.109. The smallest absolute Gasteiger partial charge is 0.423 e. The van der Waals surface area contributed by atoms with Crippen LogP contribution >= 0.6 is 0 Å². The normalized spacial score (nSPS) is 25.6.